The number of rotatable bonds is 4. The number of nitrogens with one attached hydrogen (secondary N) is 1. The van der Waals surface area contributed by atoms with E-state index in [9.17, 15) is 19.8 Å². The second-order valence-corrected chi connectivity index (χ2v) is 6.56. The molecular formula is C21H22N2O4. The zero-order valence-electron chi connectivity index (χ0n) is 14.8. The van der Waals surface area contributed by atoms with Crippen molar-refractivity contribution in [3.05, 3.63) is 65.7 Å². The van der Waals surface area contributed by atoms with Crippen molar-refractivity contribution in [2.75, 3.05) is 13.1 Å². The van der Waals surface area contributed by atoms with E-state index in [1.54, 1.807) is 17.1 Å². The van der Waals surface area contributed by atoms with Crippen molar-refractivity contribution >= 4 is 17.9 Å². The van der Waals surface area contributed by atoms with E-state index in [2.05, 4.69) is 5.32 Å². The molecule has 6 nitrogen and oxygen atoms in total. The zero-order chi connectivity index (χ0) is 19.2. The third-order valence-corrected chi connectivity index (χ3v) is 4.52. The molecule has 3 rings (SSSR count). The molecule has 1 aliphatic rings. The van der Waals surface area contributed by atoms with Gasteiger partial charge < -0.3 is 20.4 Å². The van der Waals surface area contributed by atoms with Crippen LogP contribution >= 0.6 is 0 Å². The number of amides is 2. The van der Waals surface area contributed by atoms with Gasteiger partial charge in [-0.15, -0.1) is 0 Å². The summed E-state index contributed by atoms with van der Waals surface area (Å²) in [5.74, 6) is -0.715. The van der Waals surface area contributed by atoms with Gasteiger partial charge in [0.25, 0.3) is 5.91 Å². The van der Waals surface area contributed by atoms with Gasteiger partial charge in [0.05, 0.1) is 0 Å². The summed E-state index contributed by atoms with van der Waals surface area (Å²) in [5.41, 5.74) is 1.18. The number of phenols is 2. The topological polar surface area (TPSA) is 89.9 Å². The highest BCUT2D eigenvalue weighted by Crippen LogP contribution is 2.21. The van der Waals surface area contributed by atoms with Crippen molar-refractivity contribution in [1.82, 2.24) is 10.2 Å². The number of hydrogen-bond donors (Lipinski definition) is 3. The van der Waals surface area contributed by atoms with E-state index in [4.69, 9.17) is 0 Å². The largest absolute Gasteiger partial charge is 0.508 e. The Hall–Kier alpha value is -3.28. The van der Waals surface area contributed by atoms with E-state index < -0.39 is 0 Å². The highest BCUT2D eigenvalue weighted by Gasteiger charge is 2.23. The van der Waals surface area contributed by atoms with E-state index in [0.29, 0.717) is 25.9 Å². The minimum Gasteiger partial charge on any atom is -0.508 e. The summed E-state index contributed by atoms with van der Waals surface area (Å²) in [6, 6.07) is 13.4. The van der Waals surface area contributed by atoms with E-state index in [1.807, 2.05) is 30.3 Å². The summed E-state index contributed by atoms with van der Waals surface area (Å²) in [7, 11) is 0. The molecule has 2 amide bonds. The molecule has 1 heterocycles. The summed E-state index contributed by atoms with van der Waals surface area (Å²) in [4.78, 5) is 26.3. The number of hydrogen-bond acceptors (Lipinski definition) is 4. The highest BCUT2D eigenvalue weighted by molar-refractivity contribution is 5.95. The molecule has 3 N–H and O–H groups in total. The lowest BCUT2D eigenvalue weighted by molar-refractivity contribution is -0.126. The number of benzene rings is 2. The number of nitrogens with zero attached hydrogens (tertiary/aromatic N) is 1. The Morgan fingerprint density at radius 2 is 1.63 bits per heavy atom. The molecule has 0 atom stereocenters. The van der Waals surface area contributed by atoms with Crippen molar-refractivity contribution in [2.45, 2.75) is 18.9 Å². The molecule has 0 aromatic heterocycles. The van der Waals surface area contributed by atoms with Crippen LogP contribution in [0.5, 0.6) is 11.5 Å². The molecule has 0 saturated carbocycles. The van der Waals surface area contributed by atoms with Gasteiger partial charge in [0.15, 0.2) is 0 Å². The van der Waals surface area contributed by atoms with Gasteiger partial charge in [0.1, 0.15) is 11.5 Å². The number of phenolic OH excluding ortho intramolecular Hbond substituents is 2. The van der Waals surface area contributed by atoms with Crippen LogP contribution in [0, 0.1) is 0 Å². The van der Waals surface area contributed by atoms with Crippen LogP contribution in [-0.4, -0.2) is 46.1 Å². The summed E-state index contributed by atoms with van der Waals surface area (Å²) in [6.07, 6.45) is 4.68. The molecule has 6 heteroatoms. The maximum absolute atomic E-state index is 12.3. The molecule has 27 heavy (non-hydrogen) atoms. The van der Waals surface area contributed by atoms with Crippen LogP contribution in [0.25, 0.3) is 6.08 Å². The molecule has 2 aromatic carbocycles. The van der Waals surface area contributed by atoms with E-state index in [-0.39, 0.29) is 34.9 Å². The molecule has 0 bridgehead atoms. The van der Waals surface area contributed by atoms with Gasteiger partial charge in [-0.3, -0.25) is 9.59 Å². The predicted molar refractivity (Wildman–Crippen MR) is 102 cm³/mol. The van der Waals surface area contributed by atoms with Crippen molar-refractivity contribution in [3.8, 4) is 11.5 Å². The van der Waals surface area contributed by atoms with E-state index in [0.717, 1.165) is 5.56 Å². The highest BCUT2D eigenvalue weighted by atomic mass is 16.3. The monoisotopic (exact) mass is 366 g/mol. The number of piperidine rings is 1. The average Bonchev–Trinajstić information content (AvgIpc) is 2.66. The summed E-state index contributed by atoms with van der Waals surface area (Å²) in [6.45, 7) is 1.13. The van der Waals surface area contributed by atoms with Gasteiger partial charge in [-0.25, -0.2) is 0 Å². The van der Waals surface area contributed by atoms with Gasteiger partial charge in [-0.05, 0) is 36.6 Å². The van der Waals surface area contributed by atoms with Crippen molar-refractivity contribution in [3.63, 3.8) is 0 Å². The molecule has 2 aromatic rings. The average molecular weight is 366 g/mol. The van der Waals surface area contributed by atoms with Crippen LogP contribution in [0.1, 0.15) is 28.8 Å². The third-order valence-electron chi connectivity index (χ3n) is 4.52. The maximum Gasteiger partial charge on any atom is 0.251 e. The summed E-state index contributed by atoms with van der Waals surface area (Å²) < 4.78 is 0. The Bertz CT molecular complexity index is 820. The first kappa shape index (κ1) is 18.5. The quantitative estimate of drug-likeness (QED) is 0.726. The fraction of sp³-hybridized carbons (Fsp3) is 0.238. The Labute approximate surface area is 157 Å². The lowest BCUT2D eigenvalue weighted by Crippen LogP contribution is -2.46. The second-order valence-electron chi connectivity index (χ2n) is 6.56. The lowest BCUT2D eigenvalue weighted by atomic mass is 10.0. The molecule has 1 saturated heterocycles. The SMILES string of the molecule is O=C(NC1CCN(C(=O)/C=C/c2ccccc2)CC1)c1cc(O)cc(O)c1. The van der Waals surface area contributed by atoms with Gasteiger partial charge in [-0.2, -0.15) is 0 Å². The van der Waals surface area contributed by atoms with Gasteiger partial charge in [0, 0.05) is 36.8 Å². The third kappa shape index (κ3) is 5.10. The maximum atomic E-state index is 12.3. The molecule has 1 fully saturated rings. The van der Waals surface area contributed by atoms with Crippen LogP contribution < -0.4 is 5.32 Å². The van der Waals surface area contributed by atoms with Crippen LogP contribution in [0.4, 0.5) is 0 Å². The normalized spacial score (nSPS) is 15.0. The lowest BCUT2D eigenvalue weighted by Gasteiger charge is -2.31. The van der Waals surface area contributed by atoms with Crippen LogP contribution in [0.3, 0.4) is 0 Å². The summed E-state index contributed by atoms with van der Waals surface area (Å²) >= 11 is 0. The summed E-state index contributed by atoms with van der Waals surface area (Å²) in [5, 5.41) is 21.9. The molecule has 0 aliphatic carbocycles. The van der Waals surface area contributed by atoms with E-state index in [1.165, 1.54) is 18.2 Å². The Kier molecular flexibility index (Phi) is 5.76. The van der Waals surface area contributed by atoms with Crippen molar-refractivity contribution in [1.29, 1.82) is 0 Å². The molecule has 0 unspecified atom stereocenters. The molecular weight excluding hydrogens is 344 g/mol. The molecule has 0 spiro atoms. The van der Waals surface area contributed by atoms with Gasteiger partial charge >= 0.3 is 0 Å². The fourth-order valence-electron chi connectivity index (χ4n) is 3.08. The number of carbonyl (C=O) groups excluding carboxylic acids is 2. The minimum atomic E-state index is -0.352. The Morgan fingerprint density at radius 3 is 2.26 bits per heavy atom. The minimum absolute atomic E-state index is 0.0402. The molecule has 140 valence electrons. The van der Waals surface area contributed by atoms with Crippen molar-refractivity contribution in [2.24, 2.45) is 0 Å². The predicted octanol–water partition coefficient (Wildman–Crippen LogP) is 2.53. The Balaban J connectivity index is 1.50. The smallest absolute Gasteiger partial charge is 0.251 e. The Morgan fingerprint density at radius 1 is 1.00 bits per heavy atom. The first-order valence-corrected chi connectivity index (χ1v) is 8.87. The molecule has 0 radical (unpaired) electrons. The van der Waals surface area contributed by atoms with Crippen molar-refractivity contribution < 1.29 is 19.8 Å². The number of aromatic hydroxyl groups is 2. The van der Waals surface area contributed by atoms with Gasteiger partial charge in [0.2, 0.25) is 5.91 Å². The number of carbonyl (C=O) groups is 2. The van der Waals surface area contributed by atoms with Gasteiger partial charge in [-0.1, -0.05) is 30.3 Å². The van der Waals surface area contributed by atoms with Crippen LogP contribution in [0.2, 0.25) is 0 Å². The van der Waals surface area contributed by atoms with Crippen LogP contribution in [0.15, 0.2) is 54.6 Å². The zero-order valence-corrected chi connectivity index (χ0v) is 14.8. The standard InChI is InChI=1S/C21H22N2O4/c24-18-12-16(13-19(25)14-18)21(27)22-17-8-10-23(11-9-17)20(26)7-6-15-4-2-1-3-5-15/h1-7,12-14,17,24-25H,8-11H2,(H,22,27)/b7-6+. The van der Waals surface area contributed by atoms with E-state index >= 15 is 0 Å². The van der Waals surface area contributed by atoms with Crippen LogP contribution in [-0.2, 0) is 4.79 Å². The first-order chi connectivity index (χ1) is 13.0. The second kappa shape index (κ2) is 8.40. The number of likely N-dealkylation sites (tertiary alicyclic amines) is 1. The fourth-order valence-corrected chi connectivity index (χ4v) is 3.08. The molecule has 1 aliphatic heterocycles. The first-order valence-electron chi connectivity index (χ1n) is 8.87.